The van der Waals surface area contributed by atoms with Gasteiger partial charge in [0.05, 0.1) is 0 Å². The monoisotopic (exact) mass is 196 g/mol. The van der Waals surface area contributed by atoms with Crippen LogP contribution in [0, 0.1) is 0 Å². The van der Waals surface area contributed by atoms with Gasteiger partial charge in [0.25, 0.3) is 0 Å². The zero-order chi connectivity index (χ0) is 9.26. The summed E-state index contributed by atoms with van der Waals surface area (Å²) in [7, 11) is 0. The SMILES string of the molecule is O=C1CC=CC2=C1CC(Cl)CCC2. The van der Waals surface area contributed by atoms with Crippen molar-refractivity contribution in [3.05, 3.63) is 23.3 Å². The van der Waals surface area contributed by atoms with Gasteiger partial charge in [-0.15, -0.1) is 11.6 Å². The van der Waals surface area contributed by atoms with Crippen molar-refractivity contribution in [3.63, 3.8) is 0 Å². The highest BCUT2D eigenvalue weighted by Crippen LogP contribution is 2.31. The molecule has 0 N–H and O–H groups in total. The highest BCUT2D eigenvalue weighted by molar-refractivity contribution is 6.21. The molecule has 0 aromatic carbocycles. The Morgan fingerprint density at radius 3 is 3.15 bits per heavy atom. The third-order valence-corrected chi connectivity index (χ3v) is 3.11. The zero-order valence-electron chi connectivity index (χ0n) is 7.55. The zero-order valence-corrected chi connectivity index (χ0v) is 8.31. The summed E-state index contributed by atoms with van der Waals surface area (Å²) < 4.78 is 0. The maximum absolute atomic E-state index is 11.6. The summed E-state index contributed by atoms with van der Waals surface area (Å²) in [6.07, 6.45) is 8.60. The van der Waals surface area contributed by atoms with Gasteiger partial charge in [0.15, 0.2) is 5.78 Å². The van der Waals surface area contributed by atoms with Crippen LogP contribution in [0.4, 0.5) is 0 Å². The van der Waals surface area contributed by atoms with Crippen LogP contribution in [0.15, 0.2) is 23.3 Å². The predicted molar refractivity (Wildman–Crippen MR) is 53.9 cm³/mol. The smallest absolute Gasteiger partial charge is 0.162 e. The molecule has 0 saturated heterocycles. The molecule has 0 amide bonds. The molecule has 1 nitrogen and oxygen atoms in total. The molecular formula is C11H13ClO. The number of allylic oxidation sites excluding steroid dienone is 4. The Bertz CT molecular complexity index is 288. The second kappa shape index (κ2) is 3.67. The van der Waals surface area contributed by atoms with Gasteiger partial charge < -0.3 is 0 Å². The first-order valence-electron chi connectivity index (χ1n) is 4.83. The number of hydrogen-bond acceptors (Lipinski definition) is 1. The Labute approximate surface area is 83.5 Å². The first kappa shape index (κ1) is 9.01. The molecule has 0 bridgehead atoms. The fourth-order valence-electron chi connectivity index (χ4n) is 2.03. The number of carbonyl (C=O) groups excluding carboxylic acids is 1. The fourth-order valence-corrected chi connectivity index (χ4v) is 2.34. The molecule has 0 saturated carbocycles. The summed E-state index contributed by atoms with van der Waals surface area (Å²) in [4.78, 5) is 11.6. The molecule has 0 fully saturated rings. The van der Waals surface area contributed by atoms with Crippen molar-refractivity contribution in [1.29, 1.82) is 0 Å². The van der Waals surface area contributed by atoms with Crippen molar-refractivity contribution in [3.8, 4) is 0 Å². The molecule has 0 aromatic rings. The van der Waals surface area contributed by atoms with Crippen molar-refractivity contribution >= 4 is 17.4 Å². The molecule has 0 aromatic heterocycles. The summed E-state index contributed by atoms with van der Waals surface area (Å²) in [6.45, 7) is 0. The molecule has 1 atom stereocenters. The van der Waals surface area contributed by atoms with Crippen molar-refractivity contribution in [1.82, 2.24) is 0 Å². The second-order valence-electron chi connectivity index (χ2n) is 3.73. The molecular weight excluding hydrogens is 184 g/mol. The average molecular weight is 197 g/mol. The Balaban J connectivity index is 2.29. The first-order valence-corrected chi connectivity index (χ1v) is 5.27. The van der Waals surface area contributed by atoms with Crippen LogP contribution < -0.4 is 0 Å². The largest absolute Gasteiger partial charge is 0.294 e. The Kier molecular flexibility index (Phi) is 2.54. The molecule has 2 heteroatoms. The summed E-state index contributed by atoms with van der Waals surface area (Å²) in [5, 5.41) is 0.169. The minimum atomic E-state index is 0.169. The number of Topliss-reactive ketones (excluding diaryl/α,β-unsaturated/α-hetero) is 1. The summed E-state index contributed by atoms with van der Waals surface area (Å²) in [5.74, 6) is 0.282. The van der Waals surface area contributed by atoms with Crippen molar-refractivity contribution in [2.75, 3.05) is 0 Å². The van der Waals surface area contributed by atoms with Crippen LogP contribution in [0.5, 0.6) is 0 Å². The van der Waals surface area contributed by atoms with Crippen LogP contribution in [-0.4, -0.2) is 11.2 Å². The van der Waals surface area contributed by atoms with E-state index in [9.17, 15) is 4.79 Å². The summed E-state index contributed by atoms with van der Waals surface area (Å²) in [6, 6.07) is 0. The molecule has 1 unspecified atom stereocenters. The Morgan fingerprint density at radius 2 is 2.31 bits per heavy atom. The number of alkyl halides is 1. The molecule has 0 radical (unpaired) electrons. The standard InChI is InChI=1S/C11H13ClO/c12-9-5-1-3-8-4-2-6-11(13)10(8)7-9/h2,4,9H,1,3,5-7H2. The van der Waals surface area contributed by atoms with Gasteiger partial charge in [0.1, 0.15) is 0 Å². The highest BCUT2D eigenvalue weighted by atomic mass is 35.5. The van der Waals surface area contributed by atoms with E-state index in [1.54, 1.807) is 0 Å². The van der Waals surface area contributed by atoms with Crippen LogP contribution in [0.2, 0.25) is 0 Å². The topological polar surface area (TPSA) is 17.1 Å². The first-order chi connectivity index (χ1) is 6.27. The average Bonchev–Trinajstić information content (AvgIpc) is 2.28. The van der Waals surface area contributed by atoms with E-state index < -0.39 is 0 Å². The van der Waals surface area contributed by atoms with E-state index in [1.165, 1.54) is 5.57 Å². The third-order valence-electron chi connectivity index (χ3n) is 2.74. The van der Waals surface area contributed by atoms with Gasteiger partial charge in [-0.25, -0.2) is 0 Å². The lowest BCUT2D eigenvalue weighted by molar-refractivity contribution is -0.115. The molecule has 0 heterocycles. The minimum absolute atomic E-state index is 0.169. The highest BCUT2D eigenvalue weighted by Gasteiger charge is 2.22. The number of ketones is 1. The van der Waals surface area contributed by atoms with E-state index in [1.807, 2.05) is 6.08 Å². The van der Waals surface area contributed by atoms with Gasteiger partial charge in [-0.2, -0.15) is 0 Å². The summed E-state index contributed by atoms with van der Waals surface area (Å²) in [5.41, 5.74) is 2.24. The minimum Gasteiger partial charge on any atom is -0.294 e. The van der Waals surface area contributed by atoms with Gasteiger partial charge in [0, 0.05) is 17.4 Å². The number of carbonyl (C=O) groups is 1. The second-order valence-corrected chi connectivity index (χ2v) is 4.34. The van der Waals surface area contributed by atoms with E-state index in [0.717, 1.165) is 31.3 Å². The van der Waals surface area contributed by atoms with Gasteiger partial charge in [-0.05, 0) is 31.3 Å². The maximum atomic E-state index is 11.6. The van der Waals surface area contributed by atoms with Gasteiger partial charge in [-0.1, -0.05) is 12.2 Å². The molecule has 0 spiro atoms. The van der Waals surface area contributed by atoms with Gasteiger partial charge >= 0.3 is 0 Å². The molecule has 70 valence electrons. The van der Waals surface area contributed by atoms with E-state index in [2.05, 4.69) is 6.08 Å². The van der Waals surface area contributed by atoms with Crippen LogP contribution in [0.3, 0.4) is 0 Å². The van der Waals surface area contributed by atoms with Gasteiger partial charge in [-0.3, -0.25) is 4.79 Å². The van der Waals surface area contributed by atoms with Crippen LogP contribution in [-0.2, 0) is 4.79 Å². The molecule has 2 aliphatic carbocycles. The van der Waals surface area contributed by atoms with Crippen LogP contribution in [0.25, 0.3) is 0 Å². The quantitative estimate of drug-likeness (QED) is 0.545. The van der Waals surface area contributed by atoms with Crippen molar-refractivity contribution < 1.29 is 4.79 Å². The predicted octanol–water partition coefficient (Wildman–Crippen LogP) is 2.99. The van der Waals surface area contributed by atoms with Crippen LogP contribution >= 0.6 is 11.6 Å². The van der Waals surface area contributed by atoms with E-state index in [0.29, 0.717) is 6.42 Å². The lowest BCUT2D eigenvalue weighted by Crippen LogP contribution is -2.10. The number of rotatable bonds is 0. The fraction of sp³-hybridized carbons (Fsp3) is 0.545. The van der Waals surface area contributed by atoms with Gasteiger partial charge in [0.2, 0.25) is 0 Å². The maximum Gasteiger partial charge on any atom is 0.162 e. The Morgan fingerprint density at radius 1 is 1.46 bits per heavy atom. The normalized spacial score (nSPS) is 28.7. The molecule has 0 aliphatic heterocycles. The van der Waals surface area contributed by atoms with Crippen LogP contribution in [0.1, 0.15) is 32.1 Å². The van der Waals surface area contributed by atoms with E-state index >= 15 is 0 Å². The van der Waals surface area contributed by atoms with E-state index in [4.69, 9.17) is 11.6 Å². The number of halogens is 1. The third kappa shape index (κ3) is 1.86. The number of hydrogen-bond donors (Lipinski definition) is 0. The summed E-state index contributed by atoms with van der Waals surface area (Å²) >= 11 is 6.10. The van der Waals surface area contributed by atoms with Crippen molar-refractivity contribution in [2.24, 2.45) is 0 Å². The molecule has 2 aliphatic rings. The van der Waals surface area contributed by atoms with E-state index in [-0.39, 0.29) is 11.2 Å². The molecule has 13 heavy (non-hydrogen) atoms. The lowest BCUT2D eigenvalue weighted by Gasteiger charge is -2.12. The lowest BCUT2D eigenvalue weighted by atomic mass is 9.93. The Hall–Kier alpha value is -0.560. The molecule has 2 rings (SSSR count). The van der Waals surface area contributed by atoms with Crippen molar-refractivity contribution in [2.45, 2.75) is 37.5 Å².